The van der Waals surface area contributed by atoms with Crippen molar-refractivity contribution in [3.63, 3.8) is 0 Å². The van der Waals surface area contributed by atoms with Crippen molar-refractivity contribution in [2.45, 2.75) is 32.1 Å². The lowest BCUT2D eigenvalue weighted by atomic mass is 9.73. The first-order chi connectivity index (χ1) is 18.3. The Morgan fingerprint density at radius 2 is 1.71 bits per heavy atom. The molecule has 0 aromatic heterocycles. The normalized spacial score (nSPS) is 18.8. The molecule has 0 spiro atoms. The molecule has 3 aromatic rings. The minimum absolute atomic E-state index is 0.00457. The Balaban J connectivity index is 1.86. The quantitative estimate of drug-likeness (QED) is 0.313. The largest absolute Gasteiger partial charge is 0.507 e. The molecule has 0 radical (unpaired) electrons. The third kappa shape index (κ3) is 4.52. The van der Waals surface area contributed by atoms with Gasteiger partial charge >= 0.3 is 0 Å². The van der Waals surface area contributed by atoms with Gasteiger partial charge in [-0.15, -0.1) is 0 Å². The molecule has 5 rings (SSSR count). The van der Waals surface area contributed by atoms with Crippen molar-refractivity contribution >= 4 is 39.0 Å². The van der Waals surface area contributed by atoms with Crippen LogP contribution in [0.5, 0.6) is 11.5 Å². The summed E-state index contributed by atoms with van der Waals surface area (Å²) in [6, 6.07) is 20.6. The number of nitrogens with one attached hydrogen (secondary N) is 1. The Labute approximate surface area is 230 Å². The second kappa shape index (κ2) is 10.5. The van der Waals surface area contributed by atoms with Crippen LogP contribution in [-0.4, -0.2) is 30.9 Å². The number of anilines is 1. The average molecular weight is 573 g/mol. The van der Waals surface area contributed by atoms with Crippen LogP contribution in [-0.2, 0) is 4.79 Å². The molecule has 38 heavy (non-hydrogen) atoms. The number of amidine groups is 1. The van der Waals surface area contributed by atoms with Gasteiger partial charge in [0, 0.05) is 44.6 Å². The number of hydrogen-bond donors (Lipinski definition) is 2. The fourth-order valence-corrected chi connectivity index (χ4v) is 5.57. The van der Waals surface area contributed by atoms with Gasteiger partial charge in [-0.3, -0.25) is 15.1 Å². The number of nitrogens with zero attached hydrogens (tertiary/aromatic N) is 1. The van der Waals surface area contributed by atoms with Gasteiger partial charge in [0.2, 0.25) is 0 Å². The molecule has 1 aliphatic carbocycles. The van der Waals surface area contributed by atoms with Gasteiger partial charge in [0.05, 0.1) is 20.1 Å². The van der Waals surface area contributed by atoms with E-state index in [0.29, 0.717) is 53.0 Å². The molecular weight excluding hydrogens is 544 g/mol. The van der Waals surface area contributed by atoms with Crippen LogP contribution in [0, 0.1) is 12.3 Å². The highest BCUT2D eigenvalue weighted by Gasteiger charge is 2.44. The molecule has 2 N–H and O–H groups in total. The molecule has 1 heterocycles. The Morgan fingerprint density at radius 3 is 2.37 bits per heavy atom. The smallest absolute Gasteiger partial charge is 0.161 e. The lowest BCUT2D eigenvalue weighted by Gasteiger charge is -2.42. The van der Waals surface area contributed by atoms with Crippen molar-refractivity contribution in [2.24, 2.45) is 0 Å². The van der Waals surface area contributed by atoms with Crippen LogP contribution in [0.3, 0.4) is 0 Å². The van der Waals surface area contributed by atoms with Gasteiger partial charge in [0.15, 0.2) is 5.78 Å². The van der Waals surface area contributed by atoms with Gasteiger partial charge in [0.25, 0.3) is 0 Å². The molecule has 1 unspecified atom stereocenters. The molecule has 0 saturated heterocycles. The van der Waals surface area contributed by atoms with Crippen LogP contribution in [0.25, 0.3) is 5.76 Å². The van der Waals surface area contributed by atoms with Gasteiger partial charge < -0.3 is 14.6 Å². The molecular formula is C31H29BrN2O4. The number of aliphatic hydroxyl groups excluding tert-OH is 1. The Morgan fingerprint density at radius 1 is 1.00 bits per heavy atom. The number of carbonyl (C=O) groups excluding carboxylic acids is 1. The Hall–Kier alpha value is -3.84. The first-order valence-electron chi connectivity index (χ1n) is 12.5. The fraction of sp³-hybridized carbons (Fsp3) is 0.226. The van der Waals surface area contributed by atoms with Crippen LogP contribution >= 0.6 is 15.9 Å². The monoisotopic (exact) mass is 572 g/mol. The van der Waals surface area contributed by atoms with Crippen LogP contribution in [0.2, 0.25) is 0 Å². The van der Waals surface area contributed by atoms with Gasteiger partial charge in [-0.25, -0.2) is 0 Å². The predicted octanol–water partition coefficient (Wildman–Crippen LogP) is 7.33. The molecule has 0 fully saturated rings. The van der Waals surface area contributed by atoms with Crippen LogP contribution < -0.4 is 14.4 Å². The average Bonchev–Trinajstić information content (AvgIpc) is 2.93. The molecule has 0 bridgehead atoms. The highest BCUT2D eigenvalue weighted by atomic mass is 79.9. The van der Waals surface area contributed by atoms with E-state index in [4.69, 9.17) is 9.47 Å². The number of aliphatic hydroxyl groups is 1. The van der Waals surface area contributed by atoms with E-state index < -0.39 is 5.92 Å². The molecule has 2 aliphatic rings. The van der Waals surface area contributed by atoms with Crippen LogP contribution in [0.15, 0.2) is 88.0 Å². The SMILES string of the molecule is COc1ccc(OC)c(C2C3=C(CCCC3=O)N(c3ccc(Br)cc3)C(=N)/C2=C(/O)c2ccc(C)cc2)c1. The zero-order chi connectivity index (χ0) is 27.0. The fourth-order valence-electron chi connectivity index (χ4n) is 5.31. The van der Waals surface area contributed by atoms with Gasteiger partial charge in [-0.2, -0.15) is 0 Å². The number of allylic oxidation sites excluding steroid dienone is 2. The molecule has 1 atom stereocenters. The maximum Gasteiger partial charge on any atom is 0.161 e. The van der Waals surface area contributed by atoms with Crippen molar-refractivity contribution in [3.8, 4) is 11.5 Å². The van der Waals surface area contributed by atoms with E-state index in [9.17, 15) is 15.3 Å². The summed E-state index contributed by atoms with van der Waals surface area (Å²) in [6.07, 6.45) is 1.74. The van der Waals surface area contributed by atoms with Crippen molar-refractivity contribution in [1.29, 1.82) is 5.41 Å². The van der Waals surface area contributed by atoms with Crippen LogP contribution in [0.1, 0.15) is 41.9 Å². The third-order valence-corrected chi connectivity index (χ3v) is 7.70. The van der Waals surface area contributed by atoms with E-state index in [0.717, 1.165) is 21.4 Å². The van der Waals surface area contributed by atoms with E-state index >= 15 is 0 Å². The van der Waals surface area contributed by atoms with E-state index in [1.807, 2.05) is 66.4 Å². The highest BCUT2D eigenvalue weighted by Crippen LogP contribution is 2.50. The summed E-state index contributed by atoms with van der Waals surface area (Å²) >= 11 is 3.49. The number of benzene rings is 3. The highest BCUT2D eigenvalue weighted by molar-refractivity contribution is 9.10. The summed E-state index contributed by atoms with van der Waals surface area (Å²) < 4.78 is 12.2. The minimum atomic E-state index is -0.705. The van der Waals surface area contributed by atoms with Gasteiger partial charge in [-0.05, 0) is 62.2 Å². The predicted molar refractivity (Wildman–Crippen MR) is 153 cm³/mol. The zero-order valence-corrected chi connectivity index (χ0v) is 23.1. The summed E-state index contributed by atoms with van der Waals surface area (Å²) in [6.45, 7) is 1.98. The molecule has 0 amide bonds. The molecule has 1 aliphatic heterocycles. The van der Waals surface area contributed by atoms with E-state index in [1.165, 1.54) is 0 Å². The first kappa shape index (κ1) is 25.8. The summed E-state index contributed by atoms with van der Waals surface area (Å²) in [4.78, 5) is 15.5. The molecule has 3 aromatic carbocycles. The van der Waals surface area contributed by atoms with Crippen molar-refractivity contribution in [1.82, 2.24) is 0 Å². The summed E-state index contributed by atoms with van der Waals surface area (Å²) in [5.74, 6) is 0.529. The summed E-state index contributed by atoms with van der Waals surface area (Å²) in [7, 11) is 3.16. The molecule has 0 saturated carbocycles. The number of hydrogen-bond acceptors (Lipinski definition) is 5. The number of aryl methyl sites for hydroxylation is 1. The number of rotatable bonds is 5. The molecule has 7 heteroatoms. The number of Topliss-reactive ketones (excluding diaryl/α,β-unsaturated/α-hetero) is 1. The summed E-state index contributed by atoms with van der Waals surface area (Å²) in [5, 5.41) is 21.3. The van der Waals surface area contributed by atoms with Gasteiger partial charge in [-0.1, -0.05) is 45.8 Å². The van der Waals surface area contributed by atoms with Crippen molar-refractivity contribution < 1.29 is 19.4 Å². The number of halogens is 1. The number of ketones is 1. The first-order valence-corrected chi connectivity index (χ1v) is 13.3. The minimum Gasteiger partial charge on any atom is -0.507 e. The van der Waals surface area contributed by atoms with E-state index in [1.54, 1.807) is 26.4 Å². The molecule has 194 valence electrons. The Kier molecular flexibility index (Phi) is 7.13. The number of methoxy groups -OCH3 is 2. The van der Waals surface area contributed by atoms with E-state index in [-0.39, 0.29) is 17.4 Å². The molecule has 6 nitrogen and oxygen atoms in total. The standard InChI is InChI=1S/C31H29BrN2O4/c1-18-7-9-19(10-8-18)30(36)29-27(23-17-22(37-2)15-16-26(23)38-3)28-24(5-4-6-25(28)35)34(31(29)33)21-13-11-20(32)12-14-21/h7-17,27,33,36H,4-6H2,1-3H3/b30-29+,33-31?. The second-order valence-corrected chi connectivity index (χ2v) is 10.4. The van der Waals surface area contributed by atoms with Crippen molar-refractivity contribution in [3.05, 3.63) is 105 Å². The number of ether oxygens (including phenoxy) is 2. The lowest BCUT2D eigenvalue weighted by Crippen LogP contribution is -2.42. The van der Waals surface area contributed by atoms with E-state index in [2.05, 4.69) is 15.9 Å². The van der Waals surface area contributed by atoms with Crippen molar-refractivity contribution in [2.75, 3.05) is 19.1 Å². The Bertz CT molecular complexity index is 1470. The second-order valence-electron chi connectivity index (χ2n) is 9.47. The summed E-state index contributed by atoms with van der Waals surface area (Å²) in [5.41, 5.74) is 4.76. The van der Waals surface area contributed by atoms with Crippen LogP contribution in [0.4, 0.5) is 5.69 Å². The lowest BCUT2D eigenvalue weighted by molar-refractivity contribution is -0.116. The maximum absolute atomic E-state index is 13.7. The number of carbonyl (C=O) groups is 1. The third-order valence-electron chi connectivity index (χ3n) is 7.17. The maximum atomic E-state index is 13.7. The topological polar surface area (TPSA) is 82.9 Å². The van der Waals surface area contributed by atoms with Gasteiger partial charge in [0.1, 0.15) is 23.1 Å². The zero-order valence-electron chi connectivity index (χ0n) is 21.5.